The molecule has 2 heteroatoms. The summed E-state index contributed by atoms with van der Waals surface area (Å²) < 4.78 is 0. The van der Waals surface area contributed by atoms with Crippen LogP contribution in [0.5, 0.6) is 5.75 Å². The fraction of sp³-hybridized carbons (Fsp3) is 0.538. The highest BCUT2D eigenvalue weighted by molar-refractivity contribution is 5.35. The molecule has 0 saturated carbocycles. The van der Waals surface area contributed by atoms with Crippen LogP contribution in [0, 0.1) is 12.8 Å². The molecule has 0 fully saturated rings. The van der Waals surface area contributed by atoms with Crippen molar-refractivity contribution in [3.8, 4) is 5.75 Å². The van der Waals surface area contributed by atoms with Gasteiger partial charge in [-0.1, -0.05) is 19.1 Å². The van der Waals surface area contributed by atoms with Crippen LogP contribution in [0.4, 0.5) is 0 Å². The monoisotopic (exact) mass is 207 g/mol. The molecule has 0 radical (unpaired) electrons. The Kier molecular flexibility index (Phi) is 4.15. The van der Waals surface area contributed by atoms with Gasteiger partial charge in [-0.25, -0.2) is 0 Å². The summed E-state index contributed by atoms with van der Waals surface area (Å²) in [6.07, 6.45) is 2.07. The standard InChI is InChI=1S/C13H21NO/c1-9(6-11(3)14)7-12-4-5-13(15)10(2)8-12/h4-5,8-9,11,15H,6-7,14H2,1-3H3. The van der Waals surface area contributed by atoms with Crippen molar-refractivity contribution in [2.24, 2.45) is 11.7 Å². The van der Waals surface area contributed by atoms with Crippen LogP contribution in [-0.2, 0) is 6.42 Å². The summed E-state index contributed by atoms with van der Waals surface area (Å²) in [5.74, 6) is 0.965. The Hall–Kier alpha value is -1.02. The molecule has 0 spiro atoms. The van der Waals surface area contributed by atoms with Crippen molar-refractivity contribution in [3.05, 3.63) is 29.3 Å². The Morgan fingerprint density at radius 2 is 2.00 bits per heavy atom. The molecule has 0 heterocycles. The maximum atomic E-state index is 9.40. The van der Waals surface area contributed by atoms with Crippen LogP contribution in [0.3, 0.4) is 0 Å². The summed E-state index contributed by atoms with van der Waals surface area (Å²) >= 11 is 0. The molecule has 0 aliphatic heterocycles. The van der Waals surface area contributed by atoms with Crippen LogP contribution in [-0.4, -0.2) is 11.1 Å². The third kappa shape index (κ3) is 3.92. The van der Waals surface area contributed by atoms with Crippen molar-refractivity contribution in [2.75, 3.05) is 0 Å². The summed E-state index contributed by atoms with van der Waals surface area (Å²) in [6.45, 7) is 6.18. The normalized spacial score (nSPS) is 14.9. The molecule has 84 valence electrons. The highest BCUT2D eigenvalue weighted by Gasteiger charge is 2.07. The second-order valence-electron chi connectivity index (χ2n) is 4.64. The molecule has 15 heavy (non-hydrogen) atoms. The zero-order valence-electron chi connectivity index (χ0n) is 9.83. The highest BCUT2D eigenvalue weighted by atomic mass is 16.3. The molecule has 0 aliphatic rings. The number of phenolic OH excluding ortho intramolecular Hbond substituents is 1. The van der Waals surface area contributed by atoms with Gasteiger partial charge in [0.25, 0.3) is 0 Å². The van der Waals surface area contributed by atoms with Crippen molar-refractivity contribution in [3.63, 3.8) is 0 Å². The summed E-state index contributed by atoms with van der Waals surface area (Å²) in [5, 5.41) is 9.40. The summed E-state index contributed by atoms with van der Waals surface area (Å²) in [7, 11) is 0. The van der Waals surface area contributed by atoms with E-state index in [4.69, 9.17) is 5.73 Å². The lowest BCUT2D eigenvalue weighted by molar-refractivity contribution is 0.467. The van der Waals surface area contributed by atoms with Gasteiger partial charge in [0, 0.05) is 6.04 Å². The first kappa shape index (κ1) is 12.1. The lowest BCUT2D eigenvalue weighted by Crippen LogP contribution is -2.19. The molecule has 0 amide bonds. The molecule has 0 saturated heterocycles. The number of nitrogens with two attached hydrogens (primary N) is 1. The third-order valence-electron chi connectivity index (χ3n) is 2.62. The minimum atomic E-state index is 0.262. The molecule has 0 aromatic heterocycles. The number of aromatic hydroxyl groups is 1. The van der Waals surface area contributed by atoms with Gasteiger partial charge in [0.05, 0.1) is 0 Å². The van der Waals surface area contributed by atoms with E-state index < -0.39 is 0 Å². The number of rotatable bonds is 4. The van der Waals surface area contributed by atoms with E-state index in [0.29, 0.717) is 11.7 Å². The van der Waals surface area contributed by atoms with Gasteiger partial charge in [-0.2, -0.15) is 0 Å². The predicted octanol–water partition coefficient (Wildman–Crippen LogP) is 2.62. The van der Waals surface area contributed by atoms with E-state index in [2.05, 4.69) is 6.92 Å². The smallest absolute Gasteiger partial charge is 0.118 e. The van der Waals surface area contributed by atoms with Crippen molar-refractivity contribution < 1.29 is 5.11 Å². The van der Waals surface area contributed by atoms with Crippen LogP contribution in [0.25, 0.3) is 0 Å². The fourth-order valence-corrected chi connectivity index (χ4v) is 1.96. The van der Waals surface area contributed by atoms with Gasteiger partial charge in [-0.05, 0) is 49.8 Å². The molecule has 1 rings (SSSR count). The molecular formula is C13H21NO. The van der Waals surface area contributed by atoms with Crippen LogP contribution in [0.15, 0.2) is 18.2 Å². The lowest BCUT2D eigenvalue weighted by Gasteiger charge is -2.14. The van der Waals surface area contributed by atoms with E-state index in [1.807, 2.05) is 26.0 Å². The fourth-order valence-electron chi connectivity index (χ4n) is 1.96. The Labute approximate surface area is 92.1 Å². The Morgan fingerprint density at radius 1 is 1.33 bits per heavy atom. The second kappa shape index (κ2) is 5.17. The highest BCUT2D eigenvalue weighted by Crippen LogP contribution is 2.20. The quantitative estimate of drug-likeness (QED) is 0.797. The molecule has 1 aromatic rings. The zero-order chi connectivity index (χ0) is 11.4. The van der Waals surface area contributed by atoms with Gasteiger partial charge in [-0.15, -0.1) is 0 Å². The number of phenols is 1. The summed E-state index contributed by atoms with van der Waals surface area (Å²) in [4.78, 5) is 0. The van der Waals surface area contributed by atoms with Crippen LogP contribution in [0.2, 0.25) is 0 Å². The maximum absolute atomic E-state index is 9.40. The van der Waals surface area contributed by atoms with Gasteiger partial charge in [-0.3, -0.25) is 0 Å². The SMILES string of the molecule is Cc1cc(CC(C)CC(C)N)ccc1O. The van der Waals surface area contributed by atoms with Gasteiger partial charge >= 0.3 is 0 Å². The topological polar surface area (TPSA) is 46.2 Å². The van der Waals surface area contributed by atoms with Gasteiger partial charge < -0.3 is 10.8 Å². The molecule has 1 aromatic carbocycles. The molecule has 3 N–H and O–H groups in total. The average Bonchev–Trinajstić information content (AvgIpc) is 2.10. The predicted molar refractivity (Wildman–Crippen MR) is 64.0 cm³/mol. The lowest BCUT2D eigenvalue weighted by atomic mass is 9.94. The van der Waals surface area contributed by atoms with Crippen LogP contribution in [0.1, 0.15) is 31.4 Å². The van der Waals surface area contributed by atoms with E-state index in [1.54, 1.807) is 6.07 Å². The maximum Gasteiger partial charge on any atom is 0.118 e. The van der Waals surface area contributed by atoms with E-state index in [1.165, 1.54) is 5.56 Å². The first-order chi connectivity index (χ1) is 6.99. The van der Waals surface area contributed by atoms with E-state index in [9.17, 15) is 5.11 Å². The second-order valence-corrected chi connectivity index (χ2v) is 4.64. The third-order valence-corrected chi connectivity index (χ3v) is 2.62. The van der Waals surface area contributed by atoms with E-state index in [0.717, 1.165) is 18.4 Å². The van der Waals surface area contributed by atoms with Gasteiger partial charge in [0.15, 0.2) is 0 Å². The molecule has 2 atom stereocenters. The number of hydrogen-bond donors (Lipinski definition) is 2. The minimum absolute atomic E-state index is 0.262. The Balaban J connectivity index is 2.60. The van der Waals surface area contributed by atoms with Crippen molar-refractivity contribution in [1.82, 2.24) is 0 Å². The van der Waals surface area contributed by atoms with Gasteiger partial charge in [0.1, 0.15) is 5.75 Å². The minimum Gasteiger partial charge on any atom is -0.508 e. The molecule has 0 bridgehead atoms. The molecule has 2 unspecified atom stereocenters. The van der Waals surface area contributed by atoms with Crippen molar-refractivity contribution in [1.29, 1.82) is 0 Å². The summed E-state index contributed by atoms with van der Waals surface area (Å²) in [5.41, 5.74) is 7.98. The average molecular weight is 207 g/mol. The molecular weight excluding hydrogens is 186 g/mol. The Bertz CT molecular complexity index is 320. The summed E-state index contributed by atoms with van der Waals surface area (Å²) in [6, 6.07) is 6.06. The van der Waals surface area contributed by atoms with Crippen molar-refractivity contribution in [2.45, 2.75) is 39.7 Å². The first-order valence-electron chi connectivity index (χ1n) is 5.53. The Morgan fingerprint density at radius 3 is 2.53 bits per heavy atom. The number of benzene rings is 1. The largest absolute Gasteiger partial charge is 0.508 e. The van der Waals surface area contributed by atoms with Gasteiger partial charge in [0.2, 0.25) is 0 Å². The van der Waals surface area contributed by atoms with Crippen molar-refractivity contribution >= 4 is 0 Å². The van der Waals surface area contributed by atoms with Crippen LogP contribution < -0.4 is 5.73 Å². The first-order valence-corrected chi connectivity index (χ1v) is 5.53. The molecule has 2 nitrogen and oxygen atoms in total. The number of hydrogen-bond acceptors (Lipinski definition) is 2. The van der Waals surface area contributed by atoms with E-state index >= 15 is 0 Å². The zero-order valence-corrected chi connectivity index (χ0v) is 9.83. The molecule has 0 aliphatic carbocycles. The number of aryl methyl sites for hydroxylation is 1. The van der Waals surface area contributed by atoms with E-state index in [-0.39, 0.29) is 6.04 Å². The van der Waals surface area contributed by atoms with Crippen LogP contribution >= 0.6 is 0 Å².